The summed E-state index contributed by atoms with van der Waals surface area (Å²) < 4.78 is 0. The van der Waals surface area contributed by atoms with Gasteiger partial charge in [0.25, 0.3) is 0 Å². The molecule has 1 unspecified atom stereocenters. The van der Waals surface area contributed by atoms with Gasteiger partial charge in [-0.25, -0.2) is 0 Å². The van der Waals surface area contributed by atoms with Gasteiger partial charge in [-0.3, -0.25) is 9.59 Å². The standard InChI is InChI=1S/C13H17ClN2O3/c1-2-16(13(19)11(15)7-12(17)18)8-9-4-3-5-10(14)6-9/h3-6,11H,2,7-8,15H2,1H3,(H,17,18). The van der Waals surface area contributed by atoms with Gasteiger partial charge >= 0.3 is 5.97 Å². The highest BCUT2D eigenvalue weighted by atomic mass is 35.5. The van der Waals surface area contributed by atoms with E-state index in [2.05, 4.69) is 0 Å². The van der Waals surface area contributed by atoms with Gasteiger partial charge in [0.2, 0.25) is 5.91 Å². The first-order valence-electron chi connectivity index (χ1n) is 5.94. The van der Waals surface area contributed by atoms with Crippen LogP contribution in [0.25, 0.3) is 0 Å². The molecule has 1 amide bonds. The highest BCUT2D eigenvalue weighted by Gasteiger charge is 2.22. The summed E-state index contributed by atoms with van der Waals surface area (Å²) in [6.07, 6.45) is -0.370. The van der Waals surface area contributed by atoms with Crippen LogP contribution in [0.2, 0.25) is 5.02 Å². The molecule has 0 aliphatic heterocycles. The average molecular weight is 285 g/mol. The Morgan fingerprint density at radius 3 is 2.68 bits per heavy atom. The van der Waals surface area contributed by atoms with Gasteiger partial charge < -0.3 is 15.7 Å². The van der Waals surface area contributed by atoms with Crippen molar-refractivity contribution in [2.24, 2.45) is 5.73 Å². The molecule has 0 spiro atoms. The summed E-state index contributed by atoms with van der Waals surface area (Å²) >= 11 is 5.88. The summed E-state index contributed by atoms with van der Waals surface area (Å²) in [6.45, 7) is 2.64. The molecule has 5 nitrogen and oxygen atoms in total. The Morgan fingerprint density at radius 1 is 1.47 bits per heavy atom. The minimum absolute atomic E-state index is 0.364. The first-order chi connectivity index (χ1) is 8.93. The van der Waals surface area contributed by atoms with E-state index >= 15 is 0 Å². The van der Waals surface area contributed by atoms with Gasteiger partial charge in [0.05, 0.1) is 12.5 Å². The number of aliphatic carboxylic acids is 1. The SMILES string of the molecule is CCN(Cc1cccc(Cl)c1)C(=O)C(N)CC(=O)O. The number of nitrogens with two attached hydrogens (primary N) is 1. The fourth-order valence-electron chi connectivity index (χ4n) is 1.71. The van der Waals surface area contributed by atoms with Crippen molar-refractivity contribution in [1.82, 2.24) is 4.90 Å². The number of carboxylic acids is 1. The van der Waals surface area contributed by atoms with Crippen molar-refractivity contribution >= 4 is 23.5 Å². The molecule has 1 aromatic carbocycles. The second kappa shape index (κ2) is 7.11. The second-order valence-corrected chi connectivity index (χ2v) is 4.62. The number of likely N-dealkylation sites (N-methyl/N-ethyl adjacent to an activating group) is 1. The van der Waals surface area contributed by atoms with E-state index in [9.17, 15) is 9.59 Å². The van der Waals surface area contributed by atoms with E-state index in [1.54, 1.807) is 18.2 Å². The van der Waals surface area contributed by atoms with Crippen molar-refractivity contribution in [1.29, 1.82) is 0 Å². The maximum Gasteiger partial charge on any atom is 0.305 e. The Hall–Kier alpha value is -1.59. The molecule has 104 valence electrons. The van der Waals surface area contributed by atoms with Crippen LogP contribution in [0.4, 0.5) is 0 Å². The molecule has 1 atom stereocenters. The smallest absolute Gasteiger partial charge is 0.305 e. The Morgan fingerprint density at radius 2 is 2.16 bits per heavy atom. The zero-order valence-electron chi connectivity index (χ0n) is 10.7. The van der Waals surface area contributed by atoms with Crippen LogP contribution >= 0.6 is 11.6 Å². The van der Waals surface area contributed by atoms with Crippen molar-refractivity contribution in [2.45, 2.75) is 25.9 Å². The number of rotatable bonds is 6. The quantitative estimate of drug-likeness (QED) is 0.829. The van der Waals surface area contributed by atoms with Crippen LogP contribution in [0.15, 0.2) is 24.3 Å². The highest BCUT2D eigenvalue weighted by molar-refractivity contribution is 6.30. The van der Waals surface area contributed by atoms with Crippen LogP contribution in [0.3, 0.4) is 0 Å². The van der Waals surface area contributed by atoms with E-state index < -0.39 is 12.0 Å². The summed E-state index contributed by atoms with van der Waals surface area (Å²) in [5.74, 6) is -1.45. The summed E-state index contributed by atoms with van der Waals surface area (Å²) in [4.78, 5) is 24.1. The third kappa shape index (κ3) is 4.89. The Labute approximate surface area is 117 Å². The lowest BCUT2D eigenvalue weighted by atomic mass is 10.1. The predicted octanol–water partition coefficient (Wildman–Crippen LogP) is 1.49. The van der Waals surface area contributed by atoms with Crippen LogP contribution < -0.4 is 5.73 Å². The first kappa shape index (κ1) is 15.5. The molecule has 0 saturated heterocycles. The van der Waals surface area contributed by atoms with Crippen LogP contribution in [0.1, 0.15) is 18.9 Å². The Balaban J connectivity index is 2.72. The number of amides is 1. The molecule has 0 aliphatic rings. The molecule has 0 bridgehead atoms. The van der Waals surface area contributed by atoms with E-state index in [1.165, 1.54) is 4.90 Å². The zero-order chi connectivity index (χ0) is 14.4. The Kier molecular flexibility index (Phi) is 5.79. The molecule has 0 saturated carbocycles. The monoisotopic (exact) mass is 284 g/mol. The van der Waals surface area contributed by atoms with E-state index in [0.29, 0.717) is 18.1 Å². The van der Waals surface area contributed by atoms with Crippen molar-refractivity contribution in [3.05, 3.63) is 34.9 Å². The molecule has 0 radical (unpaired) electrons. The van der Waals surface area contributed by atoms with Crippen molar-refractivity contribution in [2.75, 3.05) is 6.54 Å². The Bertz CT molecular complexity index is 465. The summed E-state index contributed by atoms with van der Waals surface area (Å²) in [5, 5.41) is 9.24. The molecule has 0 aliphatic carbocycles. The molecule has 3 N–H and O–H groups in total. The molecule has 0 aromatic heterocycles. The third-order valence-corrected chi connectivity index (χ3v) is 2.90. The van der Waals surface area contributed by atoms with E-state index in [0.717, 1.165) is 5.56 Å². The topological polar surface area (TPSA) is 83.6 Å². The van der Waals surface area contributed by atoms with E-state index in [1.807, 2.05) is 13.0 Å². The maximum atomic E-state index is 12.0. The summed E-state index contributed by atoms with van der Waals surface area (Å²) in [6, 6.07) is 6.15. The predicted molar refractivity (Wildman–Crippen MR) is 72.8 cm³/mol. The second-order valence-electron chi connectivity index (χ2n) is 4.19. The zero-order valence-corrected chi connectivity index (χ0v) is 11.4. The molecule has 1 rings (SSSR count). The van der Waals surface area contributed by atoms with Gasteiger partial charge in [0.15, 0.2) is 0 Å². The first-order valence-corrected chi connectivity index (χ1v) is 6.32. The van der Waals surface area contributed by atoms with Crippen LogP contribution in [0.5, 0.6) is 0 Å². The van der Waals surface area contributed by atoms with Crippen LogP contribution in [-0.4, -0.2) is 34.5 Å². The average Bonchev–Trinajstić information content (AvgIpc) is 2.34. The lowest BCUT2D eigenvalue weighted by molar-refractivity contribution is -0.142. The van der Waals surface area contributed by atoms with Crippen molar-refractivity contribution in [3.63, 3.8) is 0 Å². The normalized spacial score (nSPS) is 11.9. The van der Waals surface area contributed by atoms with Gasteiger partial charge in [-0.15, -0.1) is 0 Å². The lowest BCUT2D eigenvalue weighted by Crippen LogP contribution is -2.44. The van der Waals surface area contributed by atoms with Crippen LogP contribution in [0, 0.1) is 0 Å². The number of carbonyl (C=O) groups is 2. The molecule has 19 heavy (non-hydrogen) atoms. The van der Waals surface area contributed by atoms with Gasteiger partial charge in [-0.05, 0) is 24.6 Å². The van der Waals surface area contributed by atoms with E-state index in [-0.39, 0.29) is 12.3 Å². The minimum atomic E-state index is -1.08. The third-order valence-electron chi connectivity index (χ3n) is 2.67. The van der Waals surface area contributed by atoms with Crippen molar-refractivity contribution in [3.8, 4) is 0 Å². The number of carboxylic acid groups (broad SMARTS) is 1. The molecule has 6 heteroatoms. The van der Waals surface area contributed by atoms with Gasteiger partial charge in [-0.1, -0.05) is 23.7 Å². The number of halogens is 1. The lowest BCUT2D eigenvalue weighted by Gasteiger charge is -2.24. The number of benzene rings is 1. The summed E-state index contributed by atoms with van der Waals surface area (Å²) in [5.41, 5.74) is 6.46. The fourth-order valence-corrected chi connectivity index (χ4v) is 1.92. The number of nitrogens with zero attached hydrogens (tertiary/aromatic N) is 1. The summed E-state index contributed by atoms with van der Waals surface area (Å²) in [7, 11) is 0. The van der Waals surface area contributed by atoms with Gasteiger partial charge in [0, 0.05) is 18.1 Å². The largest absolute Gasteiger partial charge is 0.481 e. The highest BCUT2D eigenvalue weighted by Crippen LogP contribution is 2.13. The number of carbonyl (C=O) groups excluding carboxylic acids is 1. The molecule has 0 fully saturated rings. The van der Waals surface area contributed by atoms with Gasteiger partial charge in [0.1, 0.15) is 0 Å². The van der Waals surface area contributed by atoms with Crippen LogP contribution in [-0.2, 0) is 16.1 Å². The maximum absolute atomic E-state index is 12.0. The van der Waals surface area contributed by atoms with Gasteiger partial charge in [-0.2, -0.15) is 0 Å². The minimum Gasteiger partial charge on any atom is -0.481 e. The molecule has 1 aromatic rings. The fraction of sp³-hybridized carbons (Fsp3) is 0.385. The molecule has 0 heterocycles. The number of hydrogen-bond acceptors (Lipinski definition) is 3. The molecular formula is C13H17ClN2O3. The van der Waals surface area contributed by atoms with E-state index in [4.69, 9.17) is 22.4 Å². The number of hydrogen-bond donors (Lipinski definition) is 2. The molecular weight excluding hydrogens is 268 g/mol. The van der Waals surface area contributed by atoms with Crippen molar-refractivity contribution < 1.29 is 14.7 Å².